The molecule has 3 heteroatoms. The van der Waals surface area contributed by atoms with Gasteiger partial charge in [-0.15, -0.1) is 0 Å². The number of ether oxygens (including phenoxy) is 2. The average molecular weight is 222 g/mol. The van der Waals surface area contributed by atoms with Gasteiger partial charge in [0.15, 0.2) is 11.5 Å². The minimum absolute atomic E-state index is 0.229. The van der Waals surface area contributed by atoms with E-state index in [1.165, 1.54) is 0 Å². The molecule has 0 unspecified atom stereocenters. The number of carbonyl (C=O) groups is 1. The van der Waals surface area contributed by atoms with Crippen LogP contribution in [0.1, 0.15) is 25.8 Å². The van der Waals surface area contributed by atoms with E-state index in [0.717, 1.165) is 5.56 Å². The van der Waals surface area contributed by atoms with E-state index in [9.17, 15) is 4.79 Å². The molecule has 0 spiro atoms. The maximum Gasteiger partial charge on any atom is 0.161 e. The van der Waals surface area contributed by atoms with Crippen molar-refractivity contribution < 1.29 is 14.3 Å². The number of methoxy groups -OCH3 is 1. The summed E-state index contributed by atoms with van der Waals surface area (Å²) in [5, 5.41) is 0. The monoisotopic (exact) mass is 222 g/mol. The van der Waals surface area contributed by atoms with Gasteiger partial charge in [-0.1, -0.05) is 13.0 Å². The molecule has 0 aliphatic heterocycles. The second kappa shape index (κ2) is 6.16. The molecule has 0 saturated heterocycles. The fourth-order valence-corrected chi connectivity index (χ4v) is 1.45. The summed E-state index contributed by atoms with van der Waals surface area (Å²) in [6, 6.07) is 5.61. The molecule has 0 fully saturated rings. The molecule has 0 radical (unpaired) electrons. The molecule has 0 saturated carbocycles. The Kier molecular flexibility index (Phi) is 4.83. The van der Waals surface area contributed by atoms with E-state index in [1.807, 2.05) is 32.0 Å². The Balaban J connectivity index is 2.88. The van der Waals surface area contributed by atoms with E-state index in [0.29, 0.717) is 30.9 Å². The zero-order valence-electron chi connectivity index (χ0n) is 10.1. The van der Waals surface area contributed by atoms with Crippen LogP contribution in [0, 0.1) is 0 Å². The van der Waals surface area contributed by atoms with Crippen LogP contribution in [-0.4, -0.2) is 19.5 Å². The lowest BCUT2D eigenvalue weighted by Crippen LogP contribution is -2.02. The highest BCUT2D eigenvalue weighted by Crippen LogP contribution is 2.28. The smallest absolute Gasteiger partial charge is 0.161 e. The van der Waals surface area contributed by atoms with Crippen molar-refractivity contribution >= 4 is 5.78 Å². The van der Waals surface area contributed by atoms with Crippen molar-refractivity contribution in [2.45, 2.75) is 26.7 Å². The molecule has 1 rings (SSSR count). The Morgan fingerprint density at radius 2 is 2.00 bits per heavy atom. The summed E-state index contributed by atoms with van der Waals surface area (Å²) < 4.78 is 10.6. The average Bonchev–Trinajstić information content (AvgIpc) is 2.30. The molecule has 0 aliphatic rings. The van der Waals surface area contributed by atoms with Gasteiger partial charge < -0.3 is 9.47 Å². The molecule has 0 heterocycles. The van der Waals surface area contributed by atoms with Crippen molar-refractivity contribution in [1.82, 2.24) is 0 Å². The Morgan fingerprint density at radius 1 is 1.25 bits per heavy atom. The molecule has 3 nitrogen and oxygen atoms in total. The van der Waals surface area contributed by atoms with Crippen LogP contribution in [0.25, 0.3) is 0 Å². The lowest BCUT2D eigenvalue weighted by atomic mass is 10.1. The van der Waals surface area contributed by atoms with Crippen LogP contribution in [0.2, 0.25) is 0 Å². The van der Waals surface area contributed by atoms with Crippen LogP contribution in [0.4, 0.5) is 0 Å². The predicted octanol–water partition coefficient (Wildman–Crippen LogP) is 2.62. The second-order valence-corrected chi connectivity index (χ2v) is 3.49. The number of hydrogen-bond acceptors (Lipinski definition) is 3. The number of hydrogen-bond donors (Lipinski definition) is 0. The predicted molar refractivity (Wildman–Crippen MR) is 63.2 cm³/mol. The van der Waals surface area contributed by atoms with Crippen LogP contribution < -0.4 is 9.47 Å². The van der Waals surface area contributed by atoms with Crippen molar-refractivity contribution in [2.75, 3.05) is 13.7 Å². The third-order valence-electron chi connectivity index (χ3n) is 2.32. The molecule has 0 aromatic heterocycles. The van der Waals surface area contributed by atoms with Gasteiger partial charge in [-0.25, -0.2) is 0 Å². The minimum atomic E-state index is 0.229. The summed E-state index contributed by atoms with van der Waals surface area (Å²) in [6.45, 7) is 4.38. The molecule has 88 valence electrons. The molecule has 0 amide bonds. The number of ketones is 1. The number of rotatable bonds is 6. The summed E-state index contributed by atoms with van der Waals surface area (Å²) >= 11 is 0. The lowest BCUT2D eigenvalue weighted by Gasteiger charge is -2.10. The molecule has 1 aromatic rings. The van der Waals surface area contributed by atoms with Gasteiger partial charge in [0, 0.05) is 12.8 Å². The SMILES string of the molecule is CCOc1cc(CC(=O)CC)ccc1OC. The lowest BCUT2D eigenvalue weighted by molar-refractivity contribution is -0.118. The van der Waals surface area contributed by atoms with Gasteiger partial charge in [-0.05, 0) is 24.6 Å². The van der Waals surface area contributed by atoms with E-state index >= 15 is 0 Å². The molecule has 16 heavy (non-hydrogen) atoms. The summed E-state index contributed by atoms with van der Waals surface area (Å²) in [4.78, 5) is 11.3. The maximum atomic E-state index is 11.3. The van der Waals surface area contributed by atoms with Crippen LogP contribution in [0.3, 0.4) is 0 Å². The van der Waals surface area contributed by atoms with Gasteiger partial charge in [0.25, 0.3) is 0 Å². The summed E-state index contributed by atoms with van der Waals surface area (Å²) in [7, 11) is 1.61. The van der Waals surface area contributed by atoms with Crippen LogP contribution >= 0.6 is 0 Å². The highest BCUT2D eigenvalue weighted by Gasteiger charge is 2.07. The fourth-order valence-electron chi connectivity index (χ4n) is 1.45. The van der Waals surface area contributed by atoms with E-state index < -0.39 is 0 Å². The van der Waals surface area contributed by atoms with E-state index in [-0.39, 0.29) is 5.78 Å². The first-order valence-electron chi connectivity index (χ1n) is 5.52. The van der Waals surface area contributed by atoms with Crippen molar-refractivity contribution in [3.63, 3.8) is 0 Å². The van der Waals surface area contributed by atoms with E-state index in [2.05, 4.69) is 0 Å². The van der Waals surface area contributed by atoms with Crippen molar-refractivity contribution in [2.24, 2.45) is 0 Å². The molecule has 0 bridgehead atoms. The van der Waals surface area contributed by atoms with Gasteiger partial charge in [0.1, 0.15) is 5.78 Å². The zero-order valence-corrected chi connectivity index (χ0v) is 10.1. The quantitative estimate of drug-likeness (QED) is 0.742. The summed E-state index contributed by atoms with van der Waals surface area (Å²) in [5.74, 6) is 1.63. The maximum absolute atomic E-state index is 11.3. The second-order valence-electron chi connectivity index (χ2n) is 3.49. The molecule has 1 aromatic carbocycles. The fraction of sp³-hybridized carbons (Fsp3) is 0.462. The standard InChI is InChI=1S/C13H18O3/c1-4-11(14)8-10-6-7-12(15-3)13(9-10)16-5-2/h6-7,9H,4-5,8H2,1-3H3. The minimum Gasteiger partial charge on any atom is -0.493 e. The highest BCUT2D eigenvalue weighted by molar-refractivity contribution is 5.80. The Labute approximate surface area is 96.4 Å². The number of benzene rings is 1. The van der Waals surface area contributed by atoms with Gasteiger partial charge >= 0.3 is 0 Å². The van der Waals surface area contributed by atoms with Gasteiger partial charge in [0.05, 0.1) is 13.7 Å². The first kappa shape index (κ1) is 12.6. The zero-order chi connectivity index (χ0) is 12.0. The molecule has 0 N–H and O–H groups in total. The third-order valence-corrected chi connectivity index (χ3v) is 2.32. The van der Waals surface area contributed by atoms with Crippen LogP contribution in [0.15, 0.2) is 18.2 Å². The molecular weight excluding hydrogens is 204 g/mol. The Bertz CT molecular complexity index is 358. The van der Waals surface area contributed by atoms with Crippen LogP contribution in [-0.2, 0) is 11.2 Å². The van der Waals surface area contributed by atoms with Gasteiger partial charge in [-0.2, -0.15) is 0 Å². The third kappa shape index (κ3) is 3.26. The first-order valence-corrected chi connectivity index (χ1v) is 5.52. The van der Waals surface area contributed by atoms with Crippen molar-refractivity contribution in [3.05, 3.63) is 23.8 Å². The first-order chi connectivity index (χ1) is 7.71. The molecule has 0 atom stereocenters. The number of carbonyl (C=O) groups excluding carboxylic acids is 1. The normalized spacial score (nSPS) is 9.94. The van der Waals surface area contributed by atoms with Gasteiger partial charge in [0.2, 0.25) is 0 Å². The topological polar surface area (TPSA) is 35.5 Å². The summed E-state index contributed by atoms with van der Waals surface area (Å²) in [5.41, 5.74) is 0.969. The summed E-state index contributed by atoms with van der Waals surface area (Å²) in [6.07, 6.45) is 1.02. The van der Waals surface area contributed by atoms with Crippen LogP contribution in [0.5, 0.6) is 11.5 Å². The van der Waals surface area contributed by atoms with Gasteiger partial charge in [-0.3, -0.25) is 4.79 Å². The van der Waals surface area contributed by atoms with E-state index in [4.69, 9.17) is 9.47 Å². The molecular formula is C13H18O3. The van der Waals surface area contributed by atoms with Crippen molar-refractivity contribution in [1.29, 1.82) is 0 Å². The largest absolute Gasteiger partial charge is 0.493 e. The number of Topliss-reactive ketones (excluding diaryl/α,β-unsaturated/α-hetero) is 1. The van der Waals surface area contributed by atoms with E-state index in [1.54, 1.807) is 7.11 Å². The Hall–Kier alpha value is -1.51. The Morgan fingerprint density at radius 3 is 2.56 bits per heavy atom. The van der Waals surface area contributed by atoms with Crippen molar-refractivity contribution in [3.8, 4) is 11.5 Å². The molecule has 0 aliphatic carbocycles. The highest BCUT2D eigenvalue weighted by atomic mass is 16.5.